The van der Waals surface area contributed by atoms with Crippen LogP contribution in [0.2, 0.25) is 5.02 Å². The third-order valence-electron chi connectivity index (χ3n) is 2.35. The Morgan fingerprint density at radius 2 is 2.18 bits per heavy atom. The summed E-state index contributed by atoms with van der Waals surface area (Å²) in [6, 6.07) is 5.55. The van der Waals surface area contributed by atoms with E-state index in [9.17, 15) is 0 Å². The van der Waals surface area contributed by atoms with E-state index in [0.29, 0.717) is 10.7 Å². The van der Waals surface area contributed by atoms with Crippen molar-refractivity contribution in [3.8, 4) is 11.4 Å². The van der Waals surface area contributed by atoms with Gasteiger partial charge in [0, 0.05) is 15.1 Å². The molecule has 0 radical (unpaired) electrons. The van der Waals surface area contributed by atoms with Gasteiger partial charge in [0.2, 0.25) is 0 Å². The predicted octanol–water partition coefficient (Wildman–Crippen LogP) is 3.44. The molecule has 0 fully saturated rings. The van der Waals surface area contributed by atoms with Crippen molar-refractivity contribution >= 4 is 38.7 Å². The number of hydrogen-bond donors (Lipinski definition) is 1. The van der Waals surface area contributed by atoms with Gasteiger partial charge in [-0.15, -0.1) is 0 Å². The Hall–Kier alpha value is -1.46. The van der Waals surface area contributed by atoms with Crippen molar-refractivity contribution in [1.82, 2.24) is 19.9 Å². The minimum atomic E-state index is 0.650. The van der Waals surface area contributed by atoms with Crippen molar-refractivity contribution in [2.45, 2.75) is 0 Å². The normalized spacial score (nSPS) is 10.9. The van der Waals surface area contributed by atoms with E-state index in [-0.39, 0.29) is 0 Å². The number of fused-ring (bicyclic) bond motifs is 1. The highest BCUT2D eigenvalue weighted by Crippen LogP contribution is 2.29. The van der Waals surface area contributed by atoms with Gasteiger partial charge in [0.15, 0.2) is 5.65 Å². The maximum Gasteiger partial charge on any atom is 0.181 e. The maximum absolute atomic E-state index is 5.90. The SMILES string of the molecule is Clc1ccc(-c2nc3ncncc3[nH]2)c(Br)c1. The average Bonchev–Trinajstić information content (AvgIpc) is 2.72. The van der Waals surface area contributed by atoms with Gasteiger partial charge in [-0.2, -0.15) is 0 Å². The van der Waals surface area contributed by atoms with Crippen LogP contribution in [0.15, 0.2) is 35.2 Å². The highest BCUT2D eigenvalue weighted by Gasteiger charge is 2.09. The molecule has 17 heavy (non-hydrogen) atoms. The molecule has 0 saturated carbocycles. The summed E-state index contributed by atoms with van der Waals surface area (Å²) in [6.07, 6.45) is 3.17. The van der Waals surface area contributed by atoms with Gasteiger partial charge in [0.1, 0.15) is 17.7 Å². The molecule has 0 aliphatic heterocycles. The van der Waals surface area contributed by atoms with Gasteiger partial charge >= 0.3 is 0 Å². The van der Waals surface area contributed by atoms with E-state index in [4.69, 9.17) is 11.6 Å². The number of benzene rings is 1. The molecule has 0 aliphatic carbocycles. The van der Waals surface area contributed by atoms with Crippen LogP contribution in [-0.2, 0) is 0 Å². The molecule has 0 bridgehead atoms. The Morgan fingerprint density at radius 1 is 1.29 bits per heavy atom. The molecule has 84 valence electrons. The molecule has 3 aromatic rings. The van der Waals surface area contributed by atoms with Crippen molar-refractivity contribution in [3.05, 3.63) is 40.2 Å². The molecule has 0 unspecified atom stereocenters. The van der Waals surface area contributed by atoms with Crippen molar-refractivity contribution in [3.63, 3.8) is 0 Å². The first-order valence-corrected chi connectivity index (χ1v) is 6.02. The molecule has 0 spiro atoms. The number of H-pyrrole nitrogens is 1. The van der Waals surface area contributed by atoms with Crippen molar-refractivity contribution < 1.29 is 0 Å². The van der Waals surface area contributed by atoms with E-state index in [2.05, 4.69) is 35.9 Å². The second kappa shape index (κ2) is 4.09. The van der Waals surface area contributed by atoms with Crippen LogP contribution in [0.3, 0.4) is 0 Å². The van der Waals surface area contributed by atoms with E-state index in [0.717, 1.165) is 21.4 Å². The highest BCUT2D eigenvalue weighted by atomic mass is 79.9. The second-order valence-electron chi connectivity index (χ2n) is 3.47. The fourth-order valence-electron chi connectivity index (χ4n) is 1.57. The summed E-state index contributed by atoms with van der Waals surface area (Å²) in [5.41, 5.74) is 2.40. The van der Waals surface area contributed by atoms with Crippen LogP contribution in [0.5, 0.6) is 0 Å². The maximum atomic E-state index is 5.90. The molecule has 0 atom stereocenters. The molecule has 0 amide bonds. The zero-order valence-corrected chi connectivity index (χ0v) is 10.8. The predicted molar refractivity (Wildman–Crippen MR) is 69.8 cm³/mol. The molecule has 6 heteroatoms. The lowest BCUT2D eigenvalue weighted by Gasteiger charge is -2.00. The summed E-state index contributed by atoms with van der Waals surface area (Å²) in [6.45, 7) is 0. The van der Waals surface area contributed by atoms with Gasteiger partial charge in [-0.25, -0.2) is 15.0 Å². The summed E-state index contributed by atoms with van der Waals surface area (Å²) in [5.74, 6) is 0.740. The van der Waals surface area contributed by atoms with E-state index >= 15 is 0 Å². The molecular weight excluding hydrogens is 304 g/mol. The Bertz CT molecular complexity index is 662. The van der Waals surface area contributed by atoms with Gasteiger partial charge in [0.05, 0.1) is 6.20 Å². The zero-order valence-electron chi connectivity index (χ0n) is 8.48. The topological polar surface area (TPSA) is 54.5 Å². The zero-order chi connectivity index (χ0) is 11.8. The Labute approximate surface area is 110 Å². The third-order valence-corrected chi connectivity index (χ3v) is 3.24. The van der Waals surface area contributed by atoms with E-state index < -0.39 is 0 Å². The van der Waals surface area contributed by atoms with Gasteiger partial charge in [-0.05, 0) is 34.1 Å². The summed E-state index contributed by atoms with van der Waals surface area (Å²) in [7, 11) is 0. The largest absolute Gasteiger partial charge is 0.335 e. The van der Waals surface area contributed by atoms with E-state index in [1.54, 1.807) is 6.20 Å². The van der Waals surface area contributed by atoms with Gasteiger partial charge in [0.25, 0.3) is 0 Å². The molecule has 2 aromatic heterocycles. The summed E-state index contributed by atoms with van der Waals surface area (Å²) < 4.78 is 0.886. The number of aromatic amines is 1. The van der Waals surface area contributed by atoms with Crippen LogP contribution in [0.4, 0.5) is 0 Å². The fourth-order valence-corrected chi connectivity index (χ4v) is 2.44. The number of hydrogen-bond acceptors (Lipinski definition) is 3. The van der Waals surface area contributed by atoms with Crippen LogP contribution < -0.4 is 0 Å². The summed E-state index contributed by atoms with van der Waals surface area (Å²) >= 11 is 9.36. The first kappa shape index (κ1) is 10.7. The number of rotatable bonds is 1. The van der Waals surface area contributed by atoms with Crippen LogP contribution in [0.1, 0.15) is 0 Å². The third kappa shape index (κ3) is 1.92. The molecule has 0 aliphatic rings. The Balaban J connectivity index is 2.20. The fraction of sp³-hybridized carbons (Fsp3) is 0. The van der Waals surface area contributed by atoms with Crippen molar-refractivity contribution in [2.75, 3.05) is 0 Å². The molecule has 3 rings (SSSR count). The monoisotopic (exact) mass is 308 g/mol. The lowest BCUT2D eigenvalue weighted by molar-refractivity contribution is 1.20. The van der Waals surface area contributed by atoms with E-state index in [1.165, 1.54) is 6.33 Å². The molecule has 1 aromatic carbocycles. The Kier molecular flexibility index (Phi) is 2.57. The van der Waals surface area contributed by atoms with Crippen LogP contribution in [-0.4, -0.2) is 19.9 Å². The quantitative estimate of drug-likeness (QED) is 0.749. The van der Waals surface area contributed by atoms with Gasteiger partial charge in [-0.3, -0.25) is 0 Å². The minimum absolute atomic E-state index is 0.650. The Morgan fingerprint density at radius 3 is 2.94 bits per heavy atom. The van der Waals surface area contributed by atoms with Gasteiger partial charge < -0.3 is 4.98 Å². The average molecular weight is 310 g/mol. The van der Waals surface area contributed by atoms with Crippen molar-refractivity contribution in [2.24, 2.45) is 0 Å². The number of halogens is 2. The van der Waals surface area contributed by atoms with Crippen LogP contribution >= 0.6 is 27.5 Å². The first-order chi connectivity index (χ1) is 8.24. The lowest BCUT2D eigenvalue weighted by atomic mass is 10.2. The highest BCUT2D eigenvalue weighted by molar-refractivity contribution is 9.10. The molecular formula is C11H6BrClN4. The van der Waals surface area contributed by atoms with Gasteiger partial charge in [-0.1, -0.05) is 11.6 Å². The van der Waals surface area contributed by atoms with Crippen LogP contribution in [0.25, 0.3) is 22.6 Å². The van der Waals surface area contributed by atoms with Crippen LogP contribution in [0, 0.1) is 0 Å². The number of imidazole rings is 1. The molecule has 1 N–H and O–H groups in total. The minimum Gasteiger partial charge on any atom is -0.335 e. The first-order valence-electron chi connectivity index (χ1n) is 4.85. The second-order valence-corrected chi connectivity index (χ2v) is 4.76. The smallest absolute Gasteiger partial charge is 0.181 e. The van der Waals surface area contributed by atoms with Crippen molar-refractivity contribution in [1.29, 1.82) is 0 Å². The standard InChI is InChI=1S/C11H6BrClN4/c12-8-3-6(13)1-2-7(8)10-16-9-4-14-5-15-11(9)17-10/h1-5H,(H,14,15,16,17). The van der Waals surface area contributed by atoms with E-state index in [1.807, 2.05) is 18.2 Å². The number of nitrogens with zero attached hydrogens (tertiary/aromatic N) is 3. The lowest BCUT2D eigenvalue weighted by Crippen LogP contribution is -1.82. The number of aromatic nitrogens is 4. The summed E-state index contributed by atoms with van der Waals surface area (Å²) in [4.78, 5) is 15.6. The molecule has 0 saturated heterocycles. The summed E-state index contributed by atoms with van der Waals surface area (Å²) in [5, 5.41) is 0.677. The molecule has 2 heterocycles. The molecule has 4 nitrogen and oxygen atoms in total. The number of nitrogens with one attached hydrogen (secondary N) is 1.